The van der Waals surface area contributed by atoms with E-state index >= 15 is 0 Å². The summed E-state index contributed by atoms with van der Waals surface area (Å²) in [5.74, 6) is -0.713. The van der Waals surface area contributed by atoms with Gasteiger partial charge in [-0.25, -0.2) is 4.79 Å². The van der Waals surface area contributed by atoms with Gasteiger partial charge in [0.15, 0.2) is 0 Å². The van der Waals surface area contributed by atoms with Crippen molar-refractivity contribution >= 4 is 11.9 Å². The van der Waals surface area contributed by atoms with Gasteiger partial charge in [-0.15, -0.1) is 0 Å². The van der Waals surface area contributed by atoms with Gasteiger partial charge in [0, 0.05) is 18.8 Å². The molecule has 22 heavy (non-hydrogen) atoms. The van der Waals surface area contributed by atoms with E-state index in [1.54, 1.807) is 0 Å². The molecule has 0 fully saturated rings. The minimum atomic E-state index is -4.62. The van der Waals surface area contributed by atoms with Gasteiger partial charge >= 0.3 is 12.2 Å². The van der Waals surface area contributed by atoms with E-state index in [1.807, 2.05) is 19.2 Å². The summed E-state index contributed by atoms with van der Waals surface area (Å²) >= 11 is 0. The van der Waals surface area contributed by atoms with Crippen molar-refractivity contribution < 1.29 is 22.8 Å². The third kappa shape index (κ3) is 5.58. The van der Waals surface area contributed by atoms with Gasteiger partial charge in [-0.3, -0.25) is 14.9 Å². The van der Waals surface area contributed by atoms with Crippen LogP contribution in [0.2, 0.25) is 0 Å². The normalized spacial score (nSPS) is 11.4. The van der Waals surface area contributed by atoms with E-state index in [-0.39, 0.29) is 5.92 Å². The van der Waals surface area contributed by atoms with Crippen LogP contribution in [0.1, 0.15) is 19.4 Å². The maximum Gasteiger partial charge on any atom is 0.417 e. The van der Waals surface area contributed by atoms with E-state index in [9.17, 15) is 27.6 Å². The molecule has 1 rings (SSSR count). The predicted octanol–water partition coefficient (Wildman–Crippen LogP) is 1.35. The SMILES string of the molecule is CC(C)CNC(=O)NC(=O)Cn1cc(C(F)(F)F)ccc1=O. The quantitative estimate of drug-likeness (QED) is 0.879. The van der Waals surface area contributed by atoms with E-state index in [0.717, 1.165) is 6.07 Å². The Balaban J connectivity index is 2.72. The van der Waals surface area contributed by atoms with Crippen molar-refractivity contribution in [3.05, 3.63) is 34.2 Å². The molecular formula is C13H16F3N3O3. The van der Waals surface area contributed by atoms with Gasteiger partial charge < -0.3 is 9.88 Å². The summed E-state index contributed by atoms with van der Waals surface area (Å²) in [7, 11) is 0. The Morgan fingerprint density at radius 3 is 2.45 bits per heavy atom. The molecule has 122 valence electrons. The minimum Gasteiger partial charge on any atom is -0.338 e. The molecular weight excluding hydrogens is 303 g/mol. The molecule has 0 aliphatic heterocycles. The highest BCUT2D eigenvalue weighted by atomic mass is 19.4. The van der Waals surface area contributed by atoms with Gasteiger partial charge in [-0.1, -0.05) is 13.8 Å². The Morgan fingerprint density at radius 1 is 1.27 bits per heavy atom. The molecule has 1 aromatic rings. The number of nitrogens with zero attached hydrogens (tertiary/aromatic N) is 1. The molecule has 0 saturated heterocycles. The number of rotatable bonds is 4. The second-order valence-electron chi connectivity index (χ2n) is 5.03. The Bertz CT molecular complexity index is 609. The number of hydrogen-bond donors (Lipinski definition) is 2. The molecule has 0 aliphatic rings. The van der Waals surface area contributed by atoms with Crippen LogP contribution in [-0.4, -0.2) is 23.1 Å². The van der Waals surface area contributed by atoms with Crippen LogP contribution < -0.4 is 16.2 Å². The van der Waals surface area contributed by atoms with Crippen LogP contribution >= 0.6 is 0 Å². The molecule has 0 aliphatic carbocycles. The smallest absolute Gasteiger partial charge is 0.338 e. The first-order valence-electron chi connectivity index (χ1n) is 6.45. The molecule has 0 aromatic carbocycles. The molecule has 0 radical (unpaired) electrons. The molecule has 9 heteroatoms. The Hall–Kier alpha value is -2.32. The van der Waals surface area contributed by atoms with Gasteiger partial charge in [0.05, 0.1) is 5.56 Å². The van der Waals surface area contributed by atoms with E-state index in [2.05, 4.69) is 5.32 Å². The van der Waals surface area contributed by atoms with Crippen LogP contribution in [-0.2, 0) is 17.5 Å². The third-order valence-electron chi connectivity index (χ3n) is 2.55. The van der Waals surface area contributed by atoms with Crippen molar-refractivity contribution in [3.63, 3.8) is 0 Å². The fourth-order valence-corrected chi connectivity index (χ4v) is 1.48. The fraction of sp³-hybridized carbons (Fsp3) is 0.462. The number of pyridine rings is 1. The molecule has 6 nitrogen and oxygen atoms in total. The number of carbonyl (C=O) groups is 2. The summed E-state index contributed by atoms with van der Waals surface area (Å²) in [4.78, 5) is 34.4. The lowest BCUT2D eigenvalue weighted by Crippen LogP contribution is -2.43. The van der Waals surface area contributed by atoms with E-state index in [4.69, 9.17) is 0 Å². The summed E-state index contributed by atoms with van der Waals surface area (Å²) in [6.07, 6.45) is -4.09. The number of aromatic nitrogens is 1. The van der Waals surface area contributed by atoms with Crippen molar-refractivity contribution in [2.75, 3.05) is 6.54 Å². The molecule has 1 aromatic heterocycles. The van der Waals surface area contributed by atoms with Crippen molar-refractivity contribution in [2.24, 2.45) is 5.92 Å². The zero-order valence-corrected chi connectivity index (χ0v) is 12.0. The summed E-state index contributed by atoms with van der Waals surface area (Å²) in [6, 6.07) is 0.583. The maximum atomic E-state index is 12.5. The van der Waals surface area contributed by atoms with Crippen LogP contribution in [0, 0.1) is 5.92 Å². The molecule has 0 unspecified atom stereocenters. The summed E-state index contributed by atoms with van der Waals surface area (Å²) in [5.41, 5.74) is -1.82. The van der Waals surface area contributed by atoms with Gasteiger partial charge in [0.1, 0.15) is 6.54 Å². The number of hydrogen-bond acceptors (Lipinski definition) is 3. The molecule has 2 N–H and O–H groups in total. The zero-order valence-electron chi connectivity index (χ0n) is 12.0. The third-order valence-corrected chi connectivity index (χ3v) is 2.55. The summed E-state index contributed by atoms with van der Waals surface area (Å²) < 4.78 is 38.2. The van der Waals surface area contributed by atoms with Crippen LogP contribution in [0.4, 0.5) is 18.0 Å². The second-order valence-corrected chi connectivity index (χ2v) is 5.03. The monoisotopic (exact) mass is 319 g/mol. The van der Waals surface area contributed by atoms with Gasteiger partial charge in [0.2, 0.25) is 5.91 Å². The standard InChI is InChI=1S/C13H16F3N3O3/c1-8(2)5-17-12(22)18-10(20)7-19-6-9(13(14,15)16)3-4-11(19)21/h3-4,6,8H,5,7H2,1-2H3,(H2,17,18,20,22). The maximum absolute atomic E-state index is 12.5. The first-order valence-corrected chi connectivity index (χ1v) is 6.45. The number of urea groups is 1. The van der Waals surface area contributed by atoms with Crippen molar-refractivity contribution in [2.45, 2.75) is 26.6 Å². The van der Waals surface area contributed by atoms with E-state index in [1.165, 1.54) is 0 Å². The molecule has 3 amide bonds. The highest BCUT2D eigenvalue weighted by Crippen LogP contribution is 2.27. The van der Waals surface area contributed by atoms with Gasteiger partial charge in [-0.2, -0.15) is 13.2 Å². The Labute approximate surface area is 124 Å². The minimum absolute atomic E-state index is 0.173. The number of halogens is 3. The Kier molecular flexibility index (Phi) is 5.72. The number of imide groups is 1. The largest absolute Gasteiger partial charge is 0.417 e. The van der Waals surface area contributed by atoms with Crippen LogP contribution in [0.3, 0.4) is 0 Å². The van der Waals surface area contributed by atoms with Gasteiger partial charge in [-0.05, 0) is 12.0 Å². The van der Waals surface area contributed by atoms with Gasteiger partial charge in [0.25, 0.3) is 5.56 Å². The van der Waals surface area contributed by atoms with Crippen LogP contribution in [0.15, 0.2) is 23.1 Å². The Morgan fingerprint density at radius 2 is 1.91 bits per heavy atom. The molecule has 1 heterocycles. The average molecular weight is 319 g/mol. The highest BCUT2D eigenvalue weighted by Gasteiger charge is 2.31. The topological polar surface area (TPSA) is 80.2 Å². The number of carbonyl (C=O) groups excluding carboxylic acids is 2. The molecule has 0 saturated carbocycles. The lowest BCUT2D eigenvalue weighted by molar-refractivity contribution is -0.138. The first kappa shape index (κ1) is 17.7. The van der Waals surface area contributed by atoms with Crippen molar-refractivity contribution in [3.8, 4) is 0 Å². The molecule has 0 bridgehead atoms. The van der Waals surface area contributed by atoms with Crippen LogP contribution in [0.25, 0.3) is 0 Å². The highest BCUT2D eigenvalue weighted by molar-refractivity contribution is 5.94. The van der Waals surface area contributed by atoms with Crippen molar-refractivity contribution in [1.29, 1.82) is 0 Å². The predicted molar refractivity (Wildman–Crippen MR) is 72.1 cm³/mol. The molecule has 0 atom stereocenters. The zero-order chi connectivity index (χ0) is 16.9. The lowest BCUT2D eigenvalue weighted by Gasteiger charge is -2.11. The number of amides is 3. The fourth-order valence-electron chi connectivity index (χ4n) is 1.48. The van der Waals surface area contributed by atoms with E-state index in [0.29, 0.717) is 23.4 Å². The molecule has 0 spiro atoms. The second kappa shape index (κ2) is 7.10. The van der Waals surface area contributed by atoms with Crippen molar-refractivity contribution in [1.82, 2.24) is 15.2 Å². The summed E-state index contributed by atoms with van der Waals surface area (Å²) in [5, 5.41) is 4.35. The van der Waals surface area contributed by atoms with Crippen LogP contribution in [0.5, 0.6) is 0 Å². The summed E-state index contributed by atoms with van der Waals surface area (Å²) in [6.45, 7) is 3.36. The average Bonchev–Trinajstić information content (AvgIpc) is 2.37. The number of alkyl halides is 3. The lowest BCUT2D eigenvalue weighted by atomic mass is 10.2. The van der Waals surface area contributed by atoms with E-state index < -0.39 is 35.8 Å². The first-order chi connectivity index (χ1) is 10.1. The number of nitrogens with one attached hydrogen (secondary N) is 2.